The summed E-state index contributed by atoms with van der Waals surface area (Å²) >= 11 is 5.92. The average Bonchev–Trinajstić information content (AvgIpc) is 2.39. The Morgan fingerprint density at radius 2 is 2.05 bits per heavy atom. The highest BCUT2D eigenvalue weighted by Crippen LogP contribution is 2.32. The number of nitrogens with zero attached hydrogens (tertiary/aromatic N) is 1. The van der Waals surface area contributed by atoms with Crippen LogP contribution in [0.2, 0.25) is 5.02 Å². The summed E-state index contributed by atoms with van der Waals surface area (Å²) in [5, 5.41) is 14.8. The number of benzene rings is 1. The Morgan fingerprint density at radius 3 is 2.63 bits per heavy atom. The lowest BCUT2D eigenvalue weighted by atomic mass is 9.84. The zero-order valence-electron chi connectivity index (χ0n) is 11.1. The maximum absolute atomic E-state index is 11.0. The molecule has 0 bridgehead atoms. The van der Waals surface area contributed by atoms with Crippen LogP contribution in [0.3, 0.4) is 0 Å². The molecule has 0 spiro atoms. The van der Waals surface area contributed by atoms with Crippen molar-refractivity contribution in [2.24, 2.45) is 5.92 Å². The van der Waals surface area contributed by atoms with Gasteiger partial charge in [-0.25, -0.2) is 0 Å². The van der Waals surface area contributed by atoms with E-state index in [0.29, 0.717) is 16.8 Å². The van der Waals surface area contributed by atoms with Crippen molar-refractivity contribution in [1.82, 2.24) is 0 Å². The molecule has 0 unspecified atom stereocenters. The van der Waals surface area contributed by atoms with Crippen LogP contribution in [-0.2, 0) is 0 Å². The largest absolute Gasteiger partial charge is 0.377 e. The summed E-state index contributed by atoms with van der Waals surface area (Å²) in [5.41, 5.74) is 0.638. The monoisotopic (exact) mass is 282 g/mol. The Hall–Kier alpha value is -1.29. The van der Waals surface area contributed by atoms with Crippen LogP contribution in [0.5, 0.6) is 0 Å². The van der Waals surface area contributed by atoms with Gasteiger partial charge in [-0.3, -0.25) is 10.1 Å². The molecule has 1 N–H and O–H groups in total. The standard InChI is InChI=1S/C14H19ClN2O2/c1-2-10-3-6-12(7-4-10)16-13-9-11(15)5-8-14(13)17(18)19/h5,8-10,12,16H,2-4,6-7H2,1H3. The van der Waals surface area contributed by atoms with Gasteiger partial charge in [0, 0.05) is 17.1 Å². The summed E-state index contributed by atoms with van der Waals surface area (Å²) in [4.78, 5) is 10.6. The van der Waals surface area contributed by atoms with Crippen LogP contribution in [0.25, 0.3) is 0 Å². The molecule has 1 aromatic carbocycles. The van der Waals surface area contributed by atoms with Crippen LogP contribution in [0.1, 0.15) is 39.0 Å². The van der Waals surface area contributed by atoms with Crippen LogP contribution >= 0.6 is 11.6 Å². The van der Waals surface area contributed by atoms with Gasteiger partial charge >= 0.3 is 0 Å². The molecule has 0 heterocycles. The summed E-state index contributed by atoms with van der Waals surface area (Å²) in [7, 11) is 0. The van der Waals surface area contributed by atoms with Crippen LogP contribution in [0.15, 0.2) is 18.2 Å². The number of anilines is 1. The van der Waals surface area contributed by atoms with E-state index in [4.69, 9.17) is 11.6 Å². The number of nitro benzene ring substituents is 1. The van der Waals surface area contributed by atoms with Crippen molar-refractivity contribution >= 4 is 23.0 Å². The van der Waals surface area contributed by atoms with E-state index in [-0.39, 0.29) is 10.6 Å². The number of nitro groups is 1. The molecule has 1 aromatic rings. The molecule has 0 atom stereocenters. The molecule has 19 heavy (non-hydrogen) atoms. The van der Waals surface area contributed by atoms with E-state index >= 15 is 0 Å². The molecule has 1 saturated carbocycles. The van der Waals surface area contributed by atoms with Gasteiger partial charge in [-0.05, 0) is 43.7 Å². The molecule has 1 fully saturated rings. The molecular formula is C14H19ClN2O2. The first kappa shape index (κ1) is 14.1. The lowest BCUT2D eigenvalue weighted by Gasteiger charge is -2.29. The first-order valence-corrected chi connectivity index (χ1v) is 7.18. The third-order valence-corrected chi connectivity index (χ3v) is 4.17. The quantitative estimate of drug-likeness (QED) is 0.647. The van der Waals surface area contributed by atoms with E-state index in [0.717, 1.165) is 18.8 Å². The summed E-state index contributed by atoms with van der Waals surface area (Å²) in [6, 6.07) is 4.98. The van der Waals surface area contributed by atoms with Crippen molar-refractivity contribution in [2.75, 3.05) is 5.32 Å². The predicted molar refractivity (Wildman–Crippen MR) is 77.8 cm³/mol. The highest BCUT2D eigenvalue weighted by molar-refractivity contribution is 6.31. The lowest BCUT2D eigenvalue weighted by molar-refractivity contribution is -0.384. The molecule has 1 aliphatic carbocycles. The number of hydrogen-bond donors (Lipinski definition) is 1. The first-order chi connectivity index (χ1) is 9.10. The highest BCUT2D eigenvalue weighted by atomic mass is 35.5. The SMILES string of the molecule is CCC1CCC(Nc2cc(Cl)ccc2[N+](=O)[O-])CC1. The summed E-state index contributed by atoms with van der Waals surface area (Å²) in [6.07, 6.45) is 5.76. The molecule has 0 aliphatic heterocycles. The van der Waals surface area contributed by atoms with Crippen LogP contribution in [0, 0.1) is 16.0 Å². The van der Waals surface area contributed by atoms with Crippen molar-refractivity contribution in [3.8, 4) is 0 Å². The Balaban J connectivity index is 2.06. The van der Waals surface area contributed by atoms with Gasteiger partial charge in [-0.2, -0.15) is 0 Å². The summed E-state index contributed by atoms with van der Waals surface area (Å²) in [5.74, 6) is 0.812. The second-order valence-corrected chi connectivity index (χ2v) is 5.63. The van der Waals surface area contributed by atoms with Crippen LogP contribution in [-0.4, -0.2) is 11.0 Å². The molecule has 0 saturated heterocycles. The minimum absolute atomic E-state index is 0.0991. The third kappa shape index (κ3) is 3.60. The molecule has 0 radical (unpaired) electrons. The molecule has 0 aromatic heterocycles. The van der Waals surface area contributed by atoms with Gasteiger partial charge in [0.05, 0.1) is 4.92 Å². The zero-order valence-corrected chi connectivity index (χ0v) is 11.8. The van der Waals surface area contributed by atoms with Crippen molar-refractivity contribution in [3.05, 3.63) is 33.3 Å². The molecule has 1 aliphatic rings. The van der Waals surface area contributed by atoms with Gasteiger partial charge in [-0.1, -0.05) is 24.9 Å². The van der Waals surface area contributed by atoms with E-state index in [1.165, 1.54) is 25.3 Å². The molecule has 104 valence electrons. The normalized spacial score (nSPS) is 23.1. The van der Waals surface area contributed by atoms with Gasteiger partial charge in [0.25, 0.3) is 5.69 Å². The second-order valence-electron chi connectivity index (χ2n) is 5.19. The molecule has 4 nitrogen and oxygen atoms in total. The molecule has 2 rings (SSSR count). The Bertz CT molecular complexity index is 457. The van der Waals surface area contributed by atoms with Gasteiger partial charge in [0.2, 0.25) is 0 Å². The van der Waals surface area contributed by atoms with E-state index < -0.39 is 0 Å². The van der Waals surface area contributed by atoms with Crippen molar-refractivity contribution in [2.45, 2.75) is 45.1 Å². The highest BCUT2D eigenvalue weighted by Gasteiger charge is 2.22. The summed E-state index contributed by atoms with van der Waals surface area (Å²) < 4.78 is 0. The topological polar surface area (TPSA) is 55.2 Å². The fourth-order valence-electron chi connectivity index (χ4n) is 2.72. The fourth-order valence-corrected chi connectivity index (χ4v) is 2.89. The summed E-state index contributed by atoms with van der Waals surface area (Å²) in [6.45, 7) is 2.22. The number of halogens is 1. The number of hydrogen-bond acceptors (Lipinski definition) is 3. The van der Waals surface area contributed by atoms with Gasteiger partial charge in [0.15, 0.2) is 0 Å². The van der Waals surface area contributed by atoms with Gasteiger partial charge < -0.3 is 5.32 Å². The maximum Gasteiger partial charge on any atom is 0.292 e. The predicted octanol–water partition coefficient (Wildman–Crippen LogP) is 4.63. The molecule has 0 amide bonds. The minimum atomic E-state index is -0.365. The Kier molecular flexibility index (Phi) is 4.64. The molecular weight excluding hydrogens is 264 g/mol. The lowest BCUT2D eigenvalue weighted by Crippen LogP contribution is -2.26. The minimum Gasteiger partial charge on any atom is -0.377 e. The smallest absolute Gasteiger partial charge is 0.292 e. The number of nitrogens with one attached hydrogen (secondary N) is 1. The Labute approximate surface area is 118 Å². The van der Waals surface area contributed by atoms with E-state index in [1.807, 2.05) is 0 Å². The molecule has 5 heteroatoms. The maximum atomic E-state index is 11.0. The van der Waals surface area contributed by atoms with Gasteiger partial charge in [0.1, 0.15) is 5.69 Å². The second kappa shape index (κ2) is 6.24. The van der Waals surface area contributed by atoms with Crippen LogP contribution < -0.4 is 5.32 Å². The van der Waals surface area contributed by atoms with E-state index in [9.17, 15) is 10.1 Å². The van der Waals surface area contributed by atoms with E-state index in [1.54, 1.807) is 12.1 Å². The fraction of sp³-hybridized carbons (Fsp3) is 0.571. The zero-order chi connectivity index (χ0) is 13.8. The average molecular weight is 283 g/mol. The van der Waals surface area contributed by atoms with Crippen LogP contribution in [0.4, 0.5) is 11.4 Å². The number of rotatable bonds is 4. The van der Waals surface area contributed by atoms with Crippen molar-refractivity contribution < 1.29 is 4.92 Å². The van der Waals surface area contributed by atoms with Gasteiger partial charge in [-0.15, -0.1) is 0 Å². The first-order valence-electron chi connectivity index (χ1n) is 6.80. The Morgan fingerprint density at radius 1 is 1.37 bits per heavy atom. The third-order valence-electron chi connectivity index (χ3n) is 3.94. The van der Waals surface area contributed by atoms with Crippen molar-refractivity contribution in [1.29, 1.82) is 0 Å². The van der Waals surface area contributed by atoms with Crippen molar-refractivity contribution in [3.63, 3.8) is 0 Å². The van der Waals surface area contributed by atoms with E-state index in [2.05, 4.69) is 12.2 Å².